The van der Waals surface area contributed by atoms with Crippen molar-refractivity contribution in [2.45, 2.75) is 6.92 Å². The number of nitrogens with one attached hydrogen (secondary N) is 1. The van der Waals surface area contributed by atoms with Crippen molar-refractivity contribution in [2.24, 2.45) is 0 Å². The summed E-state index contributed by atoms with van der Waals surface area (Å²) in [5, 5.41) is 12.1. The van der Waals surface area contributed by atoms with Crippen LogP contribution in [0.4, 0.5) is 11.4 Å². The first-order valence-electron chi connectivity index (χ1n) is 8.71. The molecule has 1 aromatic heterocycles. The lowest BCUT2D eigenvalue weighted by atomic mass is 10.1. The van der Waals surface area contributed by atoms with Crippen molar-refractivity contribution in [3.05, 3.63) is 87.7 Å². The topological polar surface area (TPSA) is 106 Å². The highest BCUT2D eigenvalue weighted by atomic mass is 16.6. The van der Waals surface area contributed by atoms with Crippen LogP contribution in [0.15, 0.2) is 70.7 Å². The number of nitrogens with zero attached hydrogens (tertiary/aromatic N) is 2. The molecule has 8 heteroatoms. The van der Waals surface area contributed by atoms with Crippen LogP contribution in [0.5, 0.6) is 0 Å². The van der Waals surface area contributed by atoms with Gasteiger partial charge in [-0.05, 0) is 37.3 Å². The second-order valence-electron chi connectivity index (χ2n) is 6.48. The first-order chi connectivity index (χ1) is 13.9. The second kappa shape index (κ2) is 7.08. The van der Waals surface area contributed by atoms with Crippen LogP contribution in [0.2, 0.25) is 0 Å². The first kappa shape index (κ1) is 18.2. The fourth-order valence-electron chi connectivity index (χ4n) is 2.93. The number of hydrazine groups is 1. The summed E-state index contributed by atoms with van der Waals surface area (Å²) in [5.41, 5.74) is 4.51. The van der Waals surface area contributed by atoms with Gasteiger partial charge in [-0.2, -0.15) is 0 Å². The molecule has 2 aromatic carbocycles. The van der Waals surface area contributed by atoms with E-state index in [-0.39, 0.29) is 17.0 Å². The predicted octanol–water partition coefficient (Wildman–Crippen LogP) is 3.62. The van der Waals surface area contributed by atoms with Crippen LogP contribution < -0.4 is 10.4 Å². The predicted molar refractivity (Wildman–Crippen MR) is 106 cm³/mol. The van der Waals surface area contributed by atoms with E-state index in [4.69, 9.17) is 4.42 Å². The Morgan fingerprint density at radius 1 is 1.07 bits per heavy atom. The van der Waals surface area contributed by atoms with Gasteiger partial charge in [0.25, 0.3) is 17.5 Å². The number of nitro benzene ring substituents is 1. The summed E-state index contributed by atoms with van der Waals surface area (Å²) in [7, 11) is 0. The number of nitro groups is 1. The third-order valence-corrected chi connectivity index (χ3v) is 4.44. The van der Waals surface area contributed by atoms with Crippen LogP contribution in [-0.2, 0) is 9.59 Å². The first-order valence-corrected chi connectivity index (χ1v) is 8.71. The van der Waals surface area contributed by atoms with Gasteiger partial charge in [-0.25, -0.2) is 5.01 Å². The average molecular weight is 389 g/mol. The smallest absolute Gasteiger partial charge is 0.282 e. The molecule has 2 heterocycles. The molecule has 0 saturated carbocycles. The summed E-state index contributed by atoms with van der Waals surface area (Å²) >= 11 is 0. The van der Waals surface area contributed by atoms with E-state index in [1.165, 1.54) is 23.2 Å². The number of non-ortho nitro benzene ring substituents is 1. The molecule has 144 valence electrons. The van der Waals surface area contributed by atoms with Crippen LogP contribution in [-0.4, -0.2) is 16.7 Å². The SMILES string of the molecule is Cc1ccc(N2NC(=O)C(=Cc3ccc(-c4cccc([N+](=O)[O-])c4)o3)C2=O)cc1. The molecule has 8 nitrogen and oxygen atoms in total. The fraction of sp³-hybridized carbons (Fsp3) is 0.0476. The Bertz CT molecular complexity index is 1160. The molecule has 0 aliphatic carbocycles. The van der Waals surface area contributed by atoms with Gasteiger partial charge < -0.3 is 4.42 Å². The summed E-state index contributed by atoms with van der Waals surface area (Å²) in [6.07, 6.45) is 1.35. The average Bonchev–Trinajstić information content (AvgIpc) is 3.29. The molecule has 0 unspecified atom stereocenters. The zero-order chi connectivity index (χ0) is 20.5. The third kappa shape index (κ3) is 3.51. The Hall–Kier alpha value is -4.20. The number of hydrogen-bond acceptors (Lipinski definition) is 5. The number of benzene rings is 2. The van der Waals surface area contributed by atoms with Crippen molar-refractivity contribution in [1.29, 1.82) is 0 Å². The van der Waals surface area contributed by atoms with E-state index in [1.54, 1.807) is 36.4 Å². The number of carbonyl (C=O) groups excluding carboxylic acids is 2. The van der Waals surface area contributed by atoms with E-state index in [1.807, 2.05) is 19.1 Å². The molecular weight excluding hydrogens is 374 g/mol. The maximum atomic E-state index is 12.7. The van der Waals surface area contributed by atoms with Gasteiger partial charge >= 0.3 is 0 Å². The molecule has 0 radical (unpaired) electrons. The number of carbonyl (C=O) groups is 2. The number of anilines is 1. The van der Waals surface area contributed by atoms with E-state index < -0.39 is 16.7 Å². The normalized spacial score (nSPS) is 15.1. The standard InChI is InChI=1S/C21H15N3O5/c1-13-5-7-15(8-6-13)23-21(26)18(20(25)22-23)12-17-9-10-19(29-17)14-3-2-4-16(11-14)24(27)28/h2-12H,1H3,(H,22,25). The van der Waals surface area contributed by atoms with Gasteiger partial charge in [0.1, 0.15) is 17.1 Å². The lowest BCUT2D eigenvalue weighted by Gasteiger charge is -2.14. The van der Waals surface area contributed by atoms with Crippen molar-refractivity contribution >= 4 is 29.3 Å². The van der Waals surface area contributed by atoms with Gasteiger partial charge in [0, 0.05) is 17.7 Å². The maximum Gasteiger partial charge on any atom is 0.282 e. The van der Waals surface area contributed by atoms with Crippen LogP contribution in [0.25, 0.3) is 17.4 Å². The van der Waals surface area contributed by atoms with Gasteiger partial charge in [0.2, 0.25) is 0 Å². The zero-order valence-corrected chi connectivity index (χ0v) is 15.3. The van der Waals surface area contributed by atoms with Gasteiger partial charge in [-0.15, -0.1) is 0 Å². The number of amides is 2. The molecule has 4 rings (SSSR count). The minimum Gasteiger partial charge on any atom is -0.457 e. The second-order valence-corrected chi connectivity index (χ2v) is 6.48. The van der Waals surface area contributed by atoms with Crippen molar-refractivity contribution in [3.8, 4) is 11.3 Å². The Labute approximate surface area is 165 Å². The Kier molecular flexibility index (Phi) is 4.44. The maximum absolute atomic E-state index is 12.7. The van der Waals surface area contributed by atoms with E-state index in [0.717, 1.165) is 5.56 Å². The molecule has 1 N–H and O–H groups in total. The van der Waals surface area contributed by atoms with Gasteiger partial charge in [-0.3, -0.25) is 25.1 Å². The summed E-state index contributed by atoms with van der Waals surface area (Å²) in [4.78, 5) is 35.4. The van der Waals surface area contributed by atoms with Crippen molar-refractivity contribution in [2.75, 3.05) is 5.01 Å². The third-order valence-electron chi connectivity index (χ3n) is 4.44. The van der Waals surface area contributed by atoms with E-state index in [9.17, 15) is 19.7 Å². The van der Waals surface area contributed by atoms with Crippen LogP contribution >= 0.6 is 0 Å². The molecule has 1 aliphatic rings. The highest BCUT2D eigenvalue weighted by Crippen LogP contribution is 2.28. The Balaban J connectivity index is 1.61. The summed E-state index contributed by atoms with van der Waals surface area (Å²) < 4.78 is 5.67. The molecule has 1 fully saturated rings. The van der Waals surface area contributed by atoms with E-state index >= 15 is 0 Å². The molecular formula is C21H15N3O5. The molecule has 2 amide bonds. The molecule has 0 spiro atoms. The number of furan rings is 1. The summed E-state index contributed by atoms with van der Waals surface area (Å²) in [5.74, 6) is -0.353. The lowest BCUT2D eigenvalue weighted by Crippen LogP contribution is -2.35. The van der Waals surface area contributed by atoms with Crippen molar-refractivity contribution in [3.63, 3.8) is 0 Å². The van der Waals surface area contributed by atoms with Crippen molar-refractivity contribution < 1.29 is 18.9 Å². The quantitative estimate of drug-likeness (QED) is 0.317. The zero-order valence-electron chi connectivity index (χ0n) is 15.3. The minimum atomic E-state index is -0.538. The minimum absolute atomic E-state index is 0.0575. The van der Waals surface area contributed by atoms with Crippen molar-refractivity contribution in [1.82, 2.24) is 5.43 Å². The molecule has 0 atom stereocenters. The molecule has 29 heavy (non-hydrogen) atoms. The van der Waals surface area contributed by atoms with Crippen LogP contribution in [0.3, 0.4) is 0 Å². The highest BCUT2D eigenvalue weighted by Gasteiger charge is 2.34. The number of hydrogen-bond donors (Lipinski definition) is 1. The Morgan fingerprint density at radius 3 is 2.55 bits per heavy atom. The van der Waals surface area contributed by atoms with Gasteiger partial charge in [-0.1, -0.05) is 29.8 Å². The Morgan fingerprint density at radius 2 is 1.83 bits per heavy atom. The van der Waals surface area contributed by atoms with Gasteiger partial charge in [0.15, 0.2) is 0 Å². The molecule has 1 saturated heterocycles. The summed E-state index contributed by atoms with van der Waals surface area (Å²) in [6.45, 7) is 1.93. The van der Waals surface area contributed by atoms with E-state index in [0.29, 0.717) is 17.0 Å². The van der Waals surface area contributed by atoms with Crippen LogP contribution in [0, 0.1) is 17.0 Å². The summed E-state index contributed by atoms with van der Waals surface area (Å²) in [6, 6.07) is 16.4. The molecule has 3 aromatic rings. The van der Waals surface area contributed by atoms with Crippen LogP contribution in [0.1, 0.15) is 11.3 Å². The lowest BCUT2D eigenvalue weighted by molar-refractivity contribution is -0.384. The molecule has 1 aliphatic heterocycles. The number of rotatable bonds is 4. The molecule has 0 bridgehead atoms. The monoisotopic (exact) mass is 389 g/mol. The largest absolute Gasteiger partial charge is 0.457 e. The highest BCUT2D eigenvalue weighted by molar-refractivity contribution is 6.31. The van der Waals surface area contributed by atoms with E-state index in [2.05, 4.69) is 5.43 Å². The van der Waals surface area contributed by atoms with Gasteiger partial charge in [0.05, 0.1) is 10.6 Å². The number of aryl methyl sites for hydroxylation is 1. The fourth-order valence-corrected chi connectivity index (χ4v) is 2.93.